The highest BCUT2D eigenvalue weighted by atomic mass is 14.8. The number of aryl methyl sites for hydroxylation is 2. The van der Waals surface area contributed by atoms with Gasteiger partial charge in [0.15, 0.2) is 6.33 Å². The highest BCUT2D eigenvalue weighted by Crippen LogP contribution is 2.16. The predicted molar refractivity (Wildman–Crippen MR) is 36.3 cm³/mol. The van der Waals surface area contributed by atoms with Crippen molar-refractivity contribution in [3.05, 3.63) is 23.8 Å². The second-order valence-electron chi connectivity index (χ2n) is 2.57. The fourth-order valence-corrected chi connectivity index (χ4v) is 1.31. The molecule has 0 fully saturated rings. The van der Waals surface area contributed by atoms with Crippen LogP contribution < -0.4 is 0 Å². The summed E-state index contributed by atoms with van der Waals surface area (Å²) in [5.41, 5.74) is 2.35. The van der Waals surface area contributed by atoms with Crippen LogP contribution in [0.2, 0.25) is 0 Å². The molecule has 2 nitrogen and oxygen atoms in total. The number of rotatable bonds is 0. The van der Waals surface area contributed by atoms with Crippen molar-refractivity contribution in [1.82, 2.24) is 9.97 Å². The van der Waals surface area contributed by atoms with E-state index >= 15 is 0 Å². The van der Waals surface area contributed by atoms with Crippen molar-refractivity contribution < 1.29 is 0 Å². The fraction of sp³-hybridized carbons (Fsp3) is 0.500. The van der Waals surface area contributed by atoms with Gasteiger partial charge in [-0.3, -0.25) is 0 Å². The lowest BCUT2D eigenvalue weighted by molar-refractivity contribution is 0.660. The molecule has 10 heavy (non-hydrogen) atoms. The third kappa shape index (κ3) is 0.897. The molecule has 1 aliphatic carbocycles. The normalized spacial score (nSPS) is 16.4. The molecule has 0 amide bonds. The van der Waals surface area contributed by atoms with Crippen LogP contribution in [0.4, 0.5) is 0 Å². The summed E-state index contributed by atoms with van der Waals surface area (Å²) in [5, 5.41) is 0. The first-order valence-electron chi connectivity index (χ1n) is 3.60. The Morgan fingerprint density at radius 2 is 2.10 bits per heavy atom. The SMILES string of the molecule is [c]1n[c]c2c(n1)CCCC2. The third-order valence-corrected chi connectivity index (χ3v) is 1.86. The number of fused-ring (bicyclic) bond motifs is 1. The van der Waals surface area contributed by atoms with E-state index in [1.165, 1.54) is 18.4 Å². The molecule has 0 bridgehead atoms. The average Bonchev–Trinajstić information content (AvgIpc) is 2.05. The first-order valence-corrected chi connectivity index (χ1v) is 3.60. The summed E-state index contributed by atoms with van der Waals surface area (Å²) in [6.07, 6.45) is 10.2. The fourth-order valence-electron chi connectivity index (χ4n) is 1.31. The van der Waals surface area contributed by atoms with Gasteiger partial charge in [-0.25, -0.2) is 9.97 Å². The van der Waals surface area contributed by atoms with E-state index in [4.69, 9.17) is 0 Å². The van der Waals surface area contributed by atoms with Crippen LogP contribution >= 0.6 is 0 Å². The van der Waals surface area contributed by atoms with Gasteiger partial charge < -0.3 is 0 Å². The van der Waals surface area contributed by atoms with Crippen LogP contribution in [-0.2, 0) is 12.8 Å². The summed E-state index contributed by atoms with van der Waals surface area (Å²) in [6.45, 7) is 0. The largest absolute Gasteiger partial charge is 0.230 e. The first kappa shape index (κ1) is 5.83. The van der Waals surface area contributed by atoms with Crippen LogP contribution in [0.5, 0.6) is 0 Å². The maximum atomic E-state index is 4.05. The van der Waals surface area contributed by atoms with E-state index < -0.39 is 0 Å². The Morgan fingerprint density at radius 3 is 3.00 bits per heavy atom. The van der Waals surface area contributed by atoms with Gasteiger partial charge in [0.1, 0.15) is 0 Å². The highest BCUT2D eigenvalue weighted by Gasteiger charge is 2.09. The Morgan fingerprint density at radius 1 is 1.20 bits per heavy atom. The molecule has 0 atom stereocenters. The van der Waals surface area contributed by atoms with Crippen molar-refractivity contribution in [3.8, 4) is 0 Å². The standard InChI is InChI=1S/C8H8N2/c1-2-4-8-7(3-1)5-9-6-10-8/h1-4H2. The molecule has 0 unspecified atom stereocenters. The van der Waals surface area contributed by atoms with Gasteiger partial charge in [0.2, 0.25) is 0 Å². The molecule has 0 saturated carbocycles. The van der Waals surface area contributed by atoms with E-state index in [9.17, 15) is 0 Å². The van der Waals surface area contributed by atoms with E-state index in [-0.39, 0.29) is 0 Å². The molecule has 2 rings (SSSR count). The Kier molecular flexibility index (Phi) is 1.38. The second kappa shape index (κ2) is 2.37. The lowest BCUT2D eigenvalue weighted by Gasteiger charge is -2.11. The summed E-state index contributed by atoms with van der Waals surface area (Å²) in [5.74, 6) is 0. The van der Waals surface area contributed by atoms with Gasteiger partial charge in [0.05, 0.1) is 6.20 Å². The monoisotopic (exact) mass is 132 g/mol. The minimum absolute atomic E-state index is 1.09. The zero-order chi connectivity index (χ0) is 6.81. The van der Waals surface area contributed by atoms with E-state index in [2.05, 4.69) is 22.5 Å². The van der Waals surface area contributed by atoms with Gasteiger partial charge in [-0.15, -0.1) is 0 Å². The van der Waals surface area contributed by atoms with Crippen molar-refractivity contribution in [2.75, 3.05) is 0 Å². The topological polar surface area (TPSA) is 25.8 Å². The Labute approximate surface area is 60.3 Å². The molecule has 0 spiro atoms. The molecule has 1 aromatic heterocycles. The van der Waals surface area contributed by atoms with Gasteiger partial charge >= 0.3 is 0 Å². The van der Waals surface area contributed by atoms with E-state index in [0.717, 1.165) is 18.5 Å². The van der Waals surface area contributed by atoms with Crippen LogP contribution in [0, 0.1) is 12.5 Å². The van der Waals surface area contributed by atoms with Crippen molar-refractivity contribution in [2.24, 2.45) is 0 Å². The van der Waals surface area contributed by atoms with Crippen LogP contribution in [0.25, 0.3) is 0 Å². The molecule has 2 heteroatoms. The Hall–Kier alpha value is -0.920. The number of nitrogens with zero attached hydrogens (tertiary/aromatic N) is 2. The maximum absolute atomic E-state index is 4.05. The van der Waals surface area contributed by atoms with Crippen LogP contribution in [0.1, 0.15) is 24.1 Å². The number of aromatic nitrogens is 2. The second-order valence-corrected chi connectivity index (χ2v) is 2.57. The zero-order valence-corrected chi connectivity index (χ0v) is 5.72. The molecule has 50 valence electrons. The smallest absolute Gasteiger partial charge is 0.198 e. The van der Waals surface area contributed by atoms with Gasteiger partial charge in [0, 0.05) is 11.3 Å². The van der Waals surface area contributed by atoms with Gasteiger partial charge in [0.25, 0.3) is 0 Å². The molecule has 2 radical (unpaired) electrons. The van der Waals surface area contributed by atoms with E-state index in [0.29, 0.717) is 0 Å². The summed E-state index contributed by atoms with van der Waals surface area (Å²) >= 11 is 0. The molecular weight excluding hydrogens is 124 g/mol. The summed E-state index contributed by atoms with van der Waals surface area (Å²) in [4.78, 5) is 7.79. The highest BCUT2D eigenvalue weighted by molar-refractivity contribution is 5.16. The van der Waals surface area contributed by atoms with Crippen molar-refractivity contribution >= 4 is 0 Å². The molecule has 0 N–H and O–H groups in total. The summed E-state index contributed by atoms with van der Waals surface area (Å²) in [6, 6.07) is 0. The van der Waals surface area contributed by atoms with Crippen LogP contribution in [0.3, 0.4) is 0 Å². The van der Waals surface area contributed by atoms with Crippen molar-refractivity contribution in [1.29, 1.82) is 0 Å². The quantitative estimate of drug-likeness (QED) is 0.525. The number of hydrogen-bond donors (Lipinski definition) is 0. The van der Waals surface area contributed by atoms with Gasteiger partial charge in [-0.2, -0.15) is 0 Å². The summed E-state index contributed by atoms with van der Waals surface area (Å²) < 4.78 is 0. The lowest BCUT2D eigenvalue weighted by atomic mass is 9.98. The molecule has 1 aliphatic rings. The van der Waals surface area contributed by atoms with Crippen LogP contribution in [0.15, 0.2) is 0 Å². The predicted octanol–water partition coefficient (Wildman–Crippen LogP) is 0.956. The van der Waals surface area contributed by atoms with Crippen molar-refractivity contribution in [3.63, 3.8) is 0 Å². The minimum atomic E-state index is 1.09. The van der Waals surface area contributed by atoms with Gasteiger partial charge in [-0.05, 0) is 25.7 Å². The van der Waals surface area contributed by atoms with Crippen LogP contribution in [-0.4, -0.2) is 9.97 Å². The third-order valence-electron chi connectivity index (χ3n) is 1.86. The average molecular weight is 132 g/mol. The summed E-state index contributed by atoms with van der Waals surface area (Å²) in [7, 11) is 0. The Bertz CT molecular complexity index is 207. The van der Waals surface area contributed by atoms with E-state index in [1.807, 2.05) is 0 Å². The zero-order valence-electron chi connectivity index (χ0n) is 5.72. The van der Waals surface area contributed by atoms with Gasteiger partial charge in [-0.1, -0.05) is 0 Å². The van der Waals surface area contributed by atoms with Crippen molar-refractivity contribution in [2.45, 2.75) is 25.7 Å². The number of hydrogen-bond acceptors (Lipinski definition) is 2. The lowest BCUT2D eigenvalue weighted by Crippen LogP contribution is -2.05. The molecule has 0 aromatic carbocycles. The molecular formula is C8H8N2. The molecule has 1 heterocycles. The van der Waals surface area contributed by atoms with E-state index in [1.54, 1.807) is 0 Å². The molecule has 1 aromatic rings. The minimum Gasteiger partial charge on any atom is -0.230 e. The molecule has 0 saturated heterocycles. The Balaban J connectivity index is 2.41. The maximum Gasteiger partial charge on any atom is 0.198 e. The first-order chi connectivity index (χ1) is 4.97. The molecule has 0 aliphatic heterocycles.